The van der Waals surface area contributed by atoms with Crippen LogP contribution in [0.3, 0.4) is 0 Å². The summed E-state index contributed by atoms with van der Waals surface area (Å²) in [6.07, 6.45) is 6.42. The highest BCUT2D eigenvalue weighted by molar-refractivity contribution is 5.62. The first-order valence-electron chi connectivity index (χ1n) is 7.44. The van der Waals surface area contributed by atoms with E-state index in [9.17, 15) is 0 Å². The van der Waals surface area contributed by atoms with Gasteiger partial charge in [-0.05, 0) is 42.4 Å². The van der Waals surface area contributed by atoms with Crippen LogP contribution in [0.4, 0.5) is 5.69 Å². The van der Waals surface area contributed by atoms with Crippen LogP contribution in [0.2, 0.25) is 0 Å². The summed E-state index contributed by atoms with van der Waals surface area (Å²) in [5, 5.41) is 0. The van der Waals surface area contributed by atoms with E-state index in [0.717, 1.165) is 12.3 Å². The van der Waals surface area contributed by atoms with Gasteiger partial charge >= 0.3 is 0 Å². The summed E-state index contributed by atoms with van der Waals surface area (Å²) in [4.78, 5) is 2.59. The molecule has 3 rings (SSSR count). The third-order valence-corrected chi connectivity index (χ3v) is 4.58. The maximum atomic E-state index is 6.26. The van der Waals surface area contributed by atoms with E-state index in [1.807, 2.05) is 0 Å². The Morgan fingerprint density at radius 1 is 1.33 bits per heavy atom. The molecule has 0 aromatic heterocycles. The lowest BCUT2D eigenvalue weighted by Gasteiger charge is -2.34. The largest absolute Gasteiger partial charge is 0.371 e. The SMILES string of the molecule is CCCCCN1CCC2CC(N)c3cccc1c32. The van der Waals surface area contributed by atoms with E-state index in [4.69, 9.17) is 5.73 Å². The minimum atomic E-state index is 0.278. The standard InChI is InChI=1S/C16H24N2/c1-2-3-4-9-18-10-8-12-11-14(17)13-6-5-7-15(18)16(12)13/h5-7,12,14H,2-4,8-11,17H2,1H3. The molecule has 18 heavy (non-hydrogen) atoms. The van der Waals surface area contributed by atoms with Gasteiger partial charge in [0.25, 0.3) is 0 Å². The molecule has 0 fully saturated rings. The molecule has 0 saturated carbocycles. The summed E-state index contributed by atoms with van der Waals surface area (Å²) in [7, 11) is 0. The molecule has 1 aliphatic carbocycles. The molecule has 2 nitrogen and oxygen atoms in total. The molecule has 2 N–H and O–H groups in total. The first-order valence-corrected chi connectivity index (χ1v) is 7.44. The molecule has 2 aliphatic rings. The molecule has 0 amide bonds. The number of hydrogen-bond donors (Lipinski definition) is 1. The van der Waals surface area contributed by atoms with Crippen LogP contribution in [0, 0.1) is 0 Å². The first-order chi connectivity index (χ1) is 8.81. The zero-order chi connectivity index (χ0) is 12.5. The van der Waals surface area contributed by atoms with Crippen molar-refractivity contribution < 1.29 is 0 Å². The Hall–Kier alpha value is -1.02. The molecular formula is C16H24N2. The molecule has 0 saturated heterocycles. The van der Waals surface area contributed by atoms with Crippen LogP contribution in [0.5, 0.6) is 0 Å². The van der Waals surface area contributed by atoms with Crippen molar-refractivity contribution in [3.05, 3.63) is 29.3 Å². The number of nitrogens with zero attached hydrogens (tertiary/aromatic N) is 1. The van der Waals surface area contributed by atoms with Gasteiger partial charge in [-0.3, -0.25) is 0 Å². The van der Waals surface area contributed by atoms with Crippen molar-refractivity contribution in [2.45, 2.75) is 51.0 Å². The van der Waals surface area contributed by atoms with E-state index in [-0.39, 0.29) is 6.04 Å². The summed E-state index contributed by atoms with van der Waals surface area (Å²) in [5.41, 5.74) is 10.7. The molecule has 0 bridgehead atoms. The quantitative estimate of drug-likeness (QED) is 0.820. The van der Waals surface area contributed by atoms with Gasteiger partial charge in [-0.2, -0.15) is 0 Å². The number of unbranched alkanes of at least 4 members (excludes halogenated alkanes) is 2. The average molecular weight is 244 g/mol. The highest BCUT2D eigenvalue weighted by atomic mass is 15.1. The van der Waals surface area contributed by atoms with E-state index in [0.29, 0.717) is 0 Å². The summed E-state index contributed by atoms with van der Waals surface area (Å²) in [5.74, 6) is 0.730. The fourth-order valence-corrected chi connectivity index (χ4v) is 3.64. The minimum Gasteiger partial charge on any atom is -0.371 e. The predicted octanol–water partition coefficient (Wildman–Crippen LogP) is 3.57. The van der Waals surface area contributed by atoms with Crippen molar-refractivity contribution in [1.82, 2.24) is 0 Å². The van der Waals surface area contributed by atoms with Crippen molar-refractivity contribution in [2.24, 2.45) is 5.73 Å². The van der Waals surface area contributed by atoms with Crippen molar-refractivity contribution in [1.29, 1.82) is 0 Å². The third kappa shape index (κ3) is 1.93. The molecule has 2 heteroatoms. The highest BCUT2D eigenvalue weighted by Crippen LogP contribution is 2.48. The monoisotopic (exact) mass is 244 g/mol. The number of benzene rings is 1. The topological polar surface area (TPSA) is 29.3 Å². The van der Waals surface area contributed by atoms with E-state index in [1.165, 1.54) is 50.0 Å². The van der Waals surface area contributed by atoms with Gasteiger partial charge in [-0.25, -0.2) is 0 Å². The third-order valence-electron chi connectivity index (χ3n) is 4.58. The summed E-state index contributed by atoms with van der Waals surface area (Å²) >= 11 is 0. The van der Waals surface area contributed by atoms with Gasteiger partial charge in [0.2, 0.25) is 0 Å². The number of rotatable bonds is 4. The minimum absolute atomic E-state index is 0.278. The van der Waals surface area contributed by atoms with E-state index >= 15 is 0 Å². The van der Waals surface area contributed by atoms with Crippen LogP contribution in [0.25, 0.3) is 0 Å². The molecule has 2 unspecified atom stereocenters. The Morgan fingerprint density at radius 2 is 2.22 bits per heavy atom. The molecule has 1 heterocycles. The lowest BCUT2D eigenvalue weighted by atomic mass is 9.91. The number of hydrogen-bond acceptors (Lipinski definition) is 2. The summed E-state index contributed by atoms with van der Waals surface area (Å²) in [6, 6.07) is 7.00. The molecule has 1 aromatic rings. The molecule has 0 radical (unpaired) electrons. The lowest BCUT2D eigenvalue weighted by Crippen LogP contribution is -2.31. The second kappa shape index (κ2) is 4.93. The zero-order valence-corrected chi connectivity index (χ0v) is 11.4. The fraction of sp³-hybridized carbons (Fsp3) is 0.625. The Morgan fingerprint density at radius 3 is 3.06 bits per heavy atom. The summed E-state index contributed by atoms with van der Waals surface area (Å²) < 4.78 is 0. The van der Waals surface area contributed by atoms with Crippen molar-refractivity contribution in [3.63, 3.8) is 0 Å². The van der Waals surface area contributed by atoms with Crippen molar-refractivity contribution >= 4 is 5.69 Å². The van der Waals surface area contributed by atoms with Crippen LogP contribution < -0.4 is 10.6 Å². The summed E-state index contributed by atoms with van der Waals surface area (Å²) in [6.45, 7) is 4.70. The average Bonchev–Trinajstić information content (AvgIpc) is 2.71. The molecule has 1 aromatic carbocycles. The number of nitrogens with two attached hydrogens (primary N) is 1. The van der Waals surface area contributed by atoms with Gasteiger partial charge in [0.15, 0.2) is 0 Å². The Kier molecular flexibility index (Phi) is 3.29. The van der Waals surface area contributed by atoms with Gasteiger partial charge in [0, 0.05) is 24.8 Å². The zero-order valence-electron chi connectivity index (χ0n) is 11.4. The van der Waals surface area contributed by atoms with Crippen LogP contribution in [0.15, 0.2) is 18.2 Å². The first kappa shape index (κ1) is 12.0. The Labute approximate surface area is 110 Å². The molecule has 98 valence electrons. The smallest absolute Gasteiger partial charge is 0.0404 e. The van der Waals surface area contributed by atoms with Crippen LogP contribution in [-0.4, -0.2) is 13.1 Å². The number of anilines is 1. The van der Waals surface area contributed by atoms with Gasteiger partial charge in [0.05, 0.1) is 0 Å². The van der Waals surface area contributed by atoms with E-state index < -0.39 is 0 Å². The van der Waals surface area contributed by atoms with Crippen LogP contribution >= 0.6 is 0 Å². The van der Waals surface area contributed by atoms with Crippen molar-refractivity contribution in [3.8, 4) is 0 Å². The molecule has 0 spiro atoms. The molecule has 2 atom stereocenters. The van der Waals surface area contributed by atoms with Gasteiger partial charge < -0.3 is 10.6 Å². The second-order valence-corrected chi connectivity index (χ2v) is 5.80. The predicted molar refractivity (Wildman–Crippen MR) is 77.1 cm³/mol. The Bertz CT molecular complexity index is 427. The maximum Gasteiger partial charge on any atom is 0.0404 e. The van der Waals surface area contributed by atoms with E-state index in [1.54, 1.807) is 5.56 Å². The van der Waals surface area contributed by atoms with Gasteiger partial charge in [-0.1, -0.05) is 31.9 Å². The normalized spacial score (nSPS) is 25.3. The van der Waals surface area contributed by atoms with Crippen molar-refractivity contribution in [2.75, 3.05) is 18.0 Å². The molecular weight excluding hydrogens is 220 g/mol. The molecule has 1 aliphatic heterocycles. The van der Waals surface area contributed by atoms with Gasteiger partial charge in [0.1, 0.15) is 0 Å². The second-order valence-electron chi connectivity index (χ2n) is 5.80. The van der Waals surface area contributed by atoms with Crippen LogP contribution in [0.1, 0.15) is 62.1 Å². The highest BCUT2D eigenvalue weighted by Gasteiger charge is 2.34. The van der Waals surface area contributed by atoms with Crippen LogP contribution in [-0.2, 0) is 0 Å². The lowest BCUT2D eigenvalue weighted by molar-refractivity contribution is 0.535. The van der Waals surface area contributed by atoms with Gasteiger partial charge in [-0.15, -0.1) is 0 Å². The Balaban J connectivity index is 1.85. The maximum absolute atomic E-state index is 6.26. The van der Waals surface area contributed by atoms with E-state index in [2.05, 4.69) is 30.0 Å². The fourth-order valence-electron chi connectivity index (χ4n) is 3.64.